The van der Waals surface area contributed by atoms with Crippen molar-refractivity contribution in [2.45, 2.75) is 39.2 Å². The van der Waals surface area contributed by atoms with Gasteiger partial charge in [0.2, 0.25) is 5.91 Å². The van der Waals surface area contributed by atoms with Gasteiger partial charge in [-0.3, -0.25) is 4.79 Å². The van der Waals surface area contributed by atoms with Crippen LogP contribution < -0.4 is 5.32 Å². The molecule has 0 aromatic heterocycles. The summed E-state index contributed by atoms with van der Waals surface area (Å²) in [5.41, 5.74) is 0. The summed E-state index contributed by atoms with van der Waals surface area (Å²) in [6.45, 7) is 4.33. The van der Waals surface area contributed by atoms with Crippen LogP contribution in [-0.2, 0) is 4.79 Å². The summed E-state index contributed by atoms with van der Waals surface area (Å²) in [5.74, 6) is 1.99. The number of rotatable bonds is 4. The maximum absolute atomic E-state index is 11.7. The quantitative estimate of drug-likeness (QED) is 0.733. The van der Waals surface area contributed by atoms with Crippen molar-refractivity contribution in [1.29, 1.82) is 0 Å². The van der Waals surface area contributed by atoms with Gasteiger partial charge in [0.05, 0.1) is 6.10 Å². The van der Waals surface area contributed by atoms with E-state index in [0.717, 1.165) is 0 Å². The SMILES string of the molecule is CC(C)C(O)CNC(=O)C1C2CCCC21. The number of fused-ring (bicyclic) bond motifs is 1. The summed E-state index contributed by atoms with van der Waals surface area (Å²) in [7, 11) is 0. The lowest BCUT2D eigenvalue weighted by Crippen LogP contribution is -2.36. The predicted octanol–water partition coefficient (Wildman–Crippen LogP) is 1.17. The molecule has 0 aromatic carbocycles. The van der Waals surface area contributed by atoms with E-state index >= 15 is 0 Å². The molecule has 2 rings (SSSR count). The molecule has 3 atom stereocenters. The lowest BCUT2D eigenvalue weighted by molar-refractivity contribution is -0.123. The third-order valence-corrected chi connectivity index (χ3v) is 3.96. The molecule has 2 aliphatic carbocycles. The van der Waals surface area contributed by atoms with Crippen LogP contribution in [0.15, 0.2) is 0 Å². The molecule has 2 fully saturated rings. The van der Waals surface area contributed by atoms with Crippen molar-refractivity contribution in [3.63, 3.8) is 0 Å². The van der Waals surface area contributed by atoms with Gasteiger partial charge in [-0.05, 0) is 30.6 Å². The van der Waals surface area contributed by atoms with Crippen LogP contribution in [0.2, 0.25) is 0 Å². The van der Waals surface area contributed by atoms with E-state index in [9.17, 15) is 9.90 Å². The molecule has 2 aliphatic rings. The standard InChI is InChI=1S/C12H21NO2/c1-7(2)10(14)6-13-12(15)11-8-4-3-5-9(8)11/h7-11,14H,3-6H2,1-2H3,(H,13,15). The van der Waals surface area contributed by atoms with Crippen LogP contribution in [0.4, 0.5) is 0 Å². The lowest BCUT2D eigenvalue weighted by Gasteiger charge is -2.15. The Labute approximate surface area is 91.2 Å². The molecule has 0 spiro atoms. The van der Waals surface area contributed by atoms with Crippen LogP contribution in [0.1, 0.15) is 33.1 Å². The molecule has 15 heavy (non-hydrogen) atoms. The van der Waals surface area contributed by atoms with Gasteiger partial charge in [-0.15, -0.1) is 0 Å². The Kier molecular flexibility index (Phi) is 3.01. The number of nitrogens with one attached hydrogen (secondary N) is 1. The molecular weight excluding hydrogens is 190 g/mol. The van der Waals surface area contributed by atoms with Crippen molar-refractivity contribution in [3.05, 3.63) is 0 Å². The Bertz CT molecular complexity index is 242. The van der Waals surface area contributed by atoms with E-state index in [4.69, 9.17) is 0 Å². The maximum Gasteiger partial charge on any atom is 0.223 e. The van der Waals surface area contributed by atoms with E-state index < -0.39 is 6.10 Å². The van der Waals surface area contributed by atoms with Gasteiger partial charge in [0.25, 0.3) is 0 Å². The zero-order chi connectivity index (χ0) is 11.0. The number of amides is 1. The van der Waals surface area contributed by atoms with Gasteiger partial charge in [-0.2, -0.15) is 0 Å². The zero-order valence-corrected chi connectivity index (χ0v) is 9.57. The van der Waals surface area contributed by atoms with E-state index in [1.165, 1.54) is 19.3 Å². The molecular formula is C12H21NO2. The summed E-state index contributed by atoms with van der Waals surface area (Å²) in [6, 6.07) is 0. The Balaban J connectivity index is 1.70. The maximum atomic E-state index is 11.7. The van der Waals surface area contributed by atoms with Gasteiger partial charge in [0, 0.05) is 12.5 Å². The predicted molar refractivity (Wildman–Crippen MR) is 58.2 cm³/mol. The number of hydrogen-bond donors (Lipinski definition) is 2. The second-order valence-electron chi connectivity index (χ2n) is 5.34. The monoisotopic (exact) mass is 211 g/mol. The molecule has 0 aromatic rings. The van der Waals surface area contributed by atoms with E-state index in [-0.39, 0.29) is 17.7 Å². The van der Waals surface area contributed by atoms with E-state index in [0.29, 0.717) is 18.4 Å². The third-order valence-electron chi connectivity index (χ3n) is 3.96. The molecule has 0 aliphatic heterocycles. The molecule has 1 amide bonds. The lowest BCUT2D eigenvalue weighted by atomic mass is 10.1. The molecule has 0 bridgehead atoms. The minimum absolute atomic E-state index is 0.171. The van der Waals surface area contributed by atoms with Crippen LogP contribution in [-0.4, -0.2) is 23.7 Å². The highest BCUT2D eigenvalue weighted by Crippen LogP contribution is 2.57. The highest BCUT2D eigenvalue weighted by atomic mass is 16.3. The molecule has 0 heterocycles. The minimum atomic E-state index is -0.410. The first-order valence-electron chi connectivity index (χ1n) is 6.07. The summed E-state index contributed by atoms with van der Waals surface area (Å²) in [4.78, 5) is 11.7. The first-order chi connectivity index (χ1) is 7.11. The van der Waals surface area contributed by atoms with Crippen LogP contribution in [0.5, 0.6) is 0 Å². The second-order valence-corrected chi connectivity index (χ2v) is 5.34. The normalized spacial score (nSPS) is 35.1. The van der Waals surface area contributed by atoms with Crippen molar-refractivity contribution in [2.24, 2.45) is 23.7 Å². The Morgan fingerprint density at radius 1 is 1.40 bits per heavy atom. The molecule has 0 radical (unpaired) electrons. The van der Waals surface area contributed by atoms with Crippen molar-refractivity contribution in [3.8, 4) is 0 Å². The molecule has 2 N–H and O–H groups in total. The van der Waals surface area contributed by atoms with Crippen molar-refractivity contribution in [1.82, 2.24) is 5.32 Å². The van der Waals surface area contributed by atoms with Crippen molar-refractivity contribution >= 4 is 5.91 Å². The van der Waals surface area contributed by atoms with E-state index in [1.807, 2.05) is 13.8 Å². The minimum Gasteiger partial charge on any atom is -0.391 e. The van der Waals surface area contributed by atoms with Crippen LogP contribution in [0.25, 0.3) is 0 Å². The van der Waals surface area contributed by atoms with Gasteiger partial charge < -0.3 is 10.4 Å². The number of hydrogen-bond acceptors (Lipinski definition) is 2. The van der Waals surface area contributed by atoms with Gasteiger partial charge in [0.1, 0.15) is 0 Å². The van der Waals surface area contributed by atoms with E-state index in [2.05, 4.69) is 5.32 Å². The van der Waals surface area contributed by atoms with E-state index in [1.54, 1.807) is 0 Å². The first-order valence-corrected chi connectivity index (χ1v) is 6.07. The average molecular weight is 211 g/mol. The van der Waals surface area contributed by atoms with Gasteiger partial charge in [-0.25, -0.2) is 0 Å². The summed E-state index contributed by atoms with van der Waals surface area (Å²) in [6.07, 6.45) is 3.35. The second kappa shape index (κ2) is 4.12. The molecule has 86 valence electrons. The number of aliphatic hydroxyl groups is 1. The van der Waals surface area contributed by atoms with Gasteiger partial charge in [0.15, 0.2) is 0 Å². The molecule has 2 saturated carbocycles. The summed E-state index contributed by atoms with van der Waals surface area (Å²) >= 11 is 0. The largest absolute Gasteiger partial charge is 0.391 e. The fourth-order valence-electron chi connectivity index (χ4n) is 2.77. The van der Waals surface area contributed by atoms with Crippen LogP contribution >= 0.6 is 0 Å². The topological polar surface area (TPSA) is 49.3 Å². The Morgan fingerprint density at radius 3 is 2.53 bits per heavy atom. The molecule has 0 saturated heterocycles. The molecule has 3 nitrogen and oxygen atoms in total. The highest BCUT2D eigenvalue weighted by molar-refractivity contribution is 5.82. The number of aliphatic hydroxyl groups excluding tert-OH is 1. The van der Waals surface area contributed by atoms with Gasteiger partial charge in [-0.1, -0.05) is 20.3 Å². The van der Waals surface area contributed by atoms with Crippen LogP contribution in [0.3, 0.4) is 0 Å². The fraction of sp³-hybridized carbons (Fsp3) is 0.917. The van der Waals surface area contributed by atoms with Gasteiger partial charge >= 0.3 is 0 Å². The Morgan fingerprint density at radius 2 is 2.00 bits per heavy atom. The highest BCUT2D eigenvalue weighted by Gasteiger charge is 2.56. The average Bonchev–Trinajstić information content (AvgIpc) is 2.68. The summed E-state index contributed by atoms with van der Waals surface area (Å²) < 4.78 is 0. The fourth-order valence-corrected chi connectivity index (χ4v) is 2.77. The molecule has 3 unspecified atom stereocenters. The smallest absolute Gasteiger partial charge is 0.223 e. The van der Waals surface area contributed by atoms with Crippen LogP contribution in [0, 0.1) is 23.7 Å². The van der Waals surface area contributed by atoms with Crippen molar-refractivity contribution < 1.29 is 9.90 Å². The third kappa shape index (κ3) is 2.17. The molecule has 3 heteroatoms. The summed E-state index contributed by atoms with van der Waals surface area (Å²) in [5, 5.41) is 12.4. The van der Waals surface area contributed by atoms with Crippen molar-refractivity contribution in [2.75, 3.05) is 6.54 Å². The number of carbonyl (C=O) groups is 1. The number of carbonyl (C=O) groups excluding carboxylic acids is 1. The first kappa shape index (κ1) is 10.9. The Hall–Kier alpha value is -0.570. The zero-order valence-electron chi connectivity index (χ0n) is 9.57.